The molecule has 0 N–H and O–H groups in total. The minimum absolute atomic E-state index is 1.30. The summed E-state index contributed by atoms with van der Waals surface area (Å²) in [7, 11) is 0. The highest BCUT2D eigenvalue weighted by Crippen LogP contribution is 2.52. The van der Waals surface area contributed by atoms with Gasteiger partial charge in [-0.2, -0.15) is 0 Å². The molecule has 0 heteroatoms. The second-order valence-electron chi connectivity index (χ2n) is 11.5. The zero-order valence-corrected chi connectivity index (χ0v) is 22.9. The average molecular weight is 529 g/mol. The summed E-state index contributed by atoms with van der Waals surface area (Å²) < 4.78 is 0. The second-order valence-corrected chi connectivity index (χ2v) is 11.5. The highest BCUT2D eigenvalue weighted by molar-refractivity contribution is 6.51. The average Bonchev–Trinajstić information content (AvgIpc) is 3.67. The summed E-state index contributed by atoms with van der Waals surface area (Å²) in [6.45, 7) is 0. The lowest BCUT2D eigenvalue weighted by Crippen LogP contribution is -1.90. The van der Waals surface area contributed by atoms with Gasteiger partial charge in [0.1, 0.15) is 0 Å². The van der Waals surface area contributed by atoms with E-state index in [2.05, 4.69) is 146 Å². The molecule has 42 heavy (non-hydrogen) atoms. The lowest BCUT2D eigenvalue weighted by atomic mass is 9.83. The molecule has 0 amide bonds. The maximum Gasteiger partial charge on any atom is -0.000718 e. The summed E-state index contributed by atoms with van der Waals surface area (Å²) in [6.07, 6.45) is 0. The van der Waals surface area contributed by atoms with Crippen LogP contribution >= 0.6 is 0 Å². The van der Waals surface area contributed by atoms with Gasteiger partial charge in [-0.15, -0.1) is 0 Å². The predicted molar refractivity (Wildman–Crippen MR) is 184 cm³/mol. The maximum absolute atomic E-state index is 2.34. The van der Waals surface area contributed by atoms with Crippen LogP contribution in [0.3, 0.4) is 0 Å². The fraction of sp³-hybridized carbons (Fsp3) is 0. The molecule has 0 unspecified atom stereocenters. The summed E-state index contributed by atoms with van der Waals surface area (Å²) >= 11 is 0. The van der Waals surface area contributed by atoms with Crippen LogP contribution in [0.25, 0.3) is 97.0 Å². The first-order chi connectivity index (χ1) is 20.9. The van der Waals surface area contributed by atoms with E-state index in [-0.39, 0.29) is 0 Å². The van der Waals surface area contributed by atoms with Gasteiger partial charge in [0.25, 0.3) is 0 Å². The summed E-state index contributed by atoms with van der Waals surface area (Å²) in [5.74, 6) is 0. The number of hydrogen-bond donors (Lipinski definition) is 0. The monoisotopic (exact) mass is 528 g/mol. The van der Waals surface area contributed by atoms with E-state index in [0.717, 1.165) is 0 Å². The van der Waals surface area contributed by atoms with Crippen molar-refractivity contribution in [3.63, 3.8) is 0 Å². The fourth-order valence-corrected chi connectivity index (χ4v) is 7.99. The molecule has 10 rings (SSSR count). The molecule has 0 saturated carbocycles. The van der Waals surface area contributed by atoms with Crippen molar-refractivity contribution >= 4 is 97.0 Å². The Morgan fingerprint density at radius 1 is 0.143 bits per heavy atom. The van der Waals surface area contributed by atoms with Gasteiger partial charge in [-0.25, -0.2) is 0 Å². The first-order valence-electron chi connectivity index (χ1n) is 14.7. The molecular formula is C42H24. The van der Waals surface area contributed by atoms with Crippen molar-refractivity contribution in [1.82, 2.24) is 0 Å². The third kappa shape index (κ3) is 2.67. The lowest BCUT2D eigenvalue weighted by Gasteiger charge is -2.19. The summed E-state index contributed by atoms with van der Waals surface area (Å²) in [6, 6.07) is 54.1. The Labute approximate surface area is 242 Å². The van der Waals surface area contributed by atoms with Crippen molar-refractivity contribution in [2.24, 2.45) is 0 Å². The minimum atomic E-state index is 1.30. The van der Waals surface area contributed by atoms with E-state index in [1.807, 2.05) is 0 Å². The molecule has 0 aliphatic carbocycles. The Kier molecular flexibility index (Phi) is 4.27. The van der Waals surface area contributed by atoms with Gasteiger partial charge >= 0.3 is 0 Å². The van der Waals surface area contributed by atoms with Crippen molar-refractivity contribution in [3.8, 4) is 0 Å². The summed E-state index contributed by atoms with van der Waals surface area (Å²) in [5, 5.41) is 23.9. The molecule has 0 radical (unpaired) electrons. The van der Waals surface area contributed by atoms with Gasteiger partial charge in [-0.3, -0.25) is 0 Å². The van der Waals surface area contributed by atoms with E-state index in [9.17, 15) is 0 Å². The normalized spacial score (nSPS) is 12.3. The summed E-state index contributed by atoms with van der Waals surface area (Å²) in [4.78, 5) is 0. The zero-order chi connectivity index (χ0) is 27.4. The second kappa shape index (κ2) is 8.06. The van der Waals surface area contributed by atoms with E-state index < -0.39 is 0 Å². The molecule has 0 spiro atoms. The van der Waals surface area contributed by atoms with Crippen molar-refractivity contribution in [2.45, 2.75) is 0 Å². The predicted octanol–water partition coefficient (Wildman–Crippen LogP) is 12.1. The van der Waals surface area contributed by atoms with Crippen LogP contribution in [-0.2, 0) is 0 Å². The van der Waals surface area contributed by atoms with Gasteiger partial charge in [0.05, 0.1) is 0 Å². The largest absolute Gasteiger partial charge is 0.0622 e. The molecule has 0 saturated heterocycles. The quantitative estimate of drug-likeness (QED) is 0.172. The molecule has 0 atom stereocenters. The van der Waals surface area contributed by atoms with Crippen molar-refractivity contribution in [3.05, 3.63) is 146 Å². The SMILES string of the molecule is c1ccc2c3cccc3c3c(c2cc1)c1c2cccc2c2cccccc2c1c1c2cccc2c2cccccc2c31. The Morgan fingerprint density at radius 2 is 0.310 bits per heavy atom. The Balaban J connectivity index is 1.77. The third-order valence-corrected chi connectivity index (χ3v) is 9.55. The molecule has 10 aromatic carbocycles. The van der Waals surface area contributed by atoms with Crippen LogP contribution < -0.4 is 0 Å². The van der Waals surface area contributed by atoms with Gasteiger partial charge in [0.2, 0.25) is 0 Å². The van der Waals surface area contributed by atoms with E-state index in [1.54, 1.807) is 0 Å². The topological polar surface area (TPSA) is 0 Å². The van der Waals surface area contributed by atoms with Crippen LogP contribution in [0.1, 0.15) is 0 Å². The first kappa shape index (κ1) is 22.3. The molecule has 0 aromatic heterocycles. The highest BCUT2D eigenvalue weighted by Gasteiger charge is 2.23. The minimum Gasteiger partial charge on any atom is -0.0622 e. The lowest BCUT2D eigenvalue weighted by molar-refractivity contribution is 1.89. The Morgan fingerprint density at radius 3 is 0.548 bits per heavy atom. The van der Waals surface area contributed by atoms with Gasteiger partial charge in [-0.05, 0) is 97.0 Å². The molecule has 192 valence electrons. The third-order valence-electron chi connectivity index (χ3n) is 9.55. The molecule has 0 aliphatic heterocycles. The van der Waals surface area contributed by atoms with Crippen LogP contribution in [0.4, 0.5) is 0 Å². The molecule has 10 aromatic rings. The van der Waals surface area contributed by atoms with Crippen molar-refractivity contribution in [2.75, 3.05) is 0 Å². The highest BCUT2D eigenvalue weighted by atomic mass is 14.2. The molecule has 0 aliphatic rings. The standard InChI is InChI=1S/C42H24/c1-4-13-25-28-19-10-22-34(28)40-37(31(25)16-7-1)41-35-23-11-20-29(35)26-14-5-2-9-18-33(26)39(41)42-36-24-12-21-30(36)27-15-6-3-8-17-32(27)38(40)42/h1-24H. The number of rotatable bonds is 0. The molecule has 0 bridgehead atoms. The number of fused-ring (bicyclic) bond motifs is 21. The zero-order valence-electron chi connectivity index (χ0n) is 22.9. The first-order valence-corrected chi connectivity index (χ1v) is 14.7. The van der Waals surface area contributed by atoms with Crippen molar-refractivity contribution in [1.29, 1.82) is 0 Å². The van der Waals surface area contributed by atoms with Crippen LogP contribution in [-0.4, -0.2) is 0 Å². The van der Waals surface area contributed by atoms with Gasteiger partial charge < -0.3 is 0 Å². The smallest absolute Gasteiger partial charge is 0.000718 e. The van der Waals surface area contributed by atoms with Crippen LogP contribution in [0.2, 0.25) is 0 Å². The van der Waals surface area contributed by atoms with Gasteiger partial charge in [0, 0.05) is 0 Å². The fourth-order valence-electron chi connectivity index (χ4n) is 7.99. The number of benzene rings is 4. The van der Waals surface area contributed by atoms with E-state index >= 15 is 0 Å². The number of hydrogen-bond acceptors (Lipinski definition) is 0. The molecule has 0 nitrogen and oxygen atoms in total. The van der Waals surface area contributed by atoms with Crippen molar-refractivity contribution < 1.29 is 0 Å². The summed E-state index contributed by atoms with van der Waals surface area (Å²) in [5.41, 5.74) is 0. The Hall–Kier alpha value is -5.46. The molecule has 0 heterocycles. The van der Waals surface area contributed by atoms with E-state index in [4.69, 9.17) is 0 Å². The van der Waals surface area contributed by atoms with E-state index in [0.29, 0.717) is 0 Å². The van der Waals surface area contributed by atoms with E-state index in [1.165, 1.54) is 97.0 Å². The van der Waals surface area contributed by atoms with Crippen LogP contribution in [0.5, 0.6) is 0 Å². The molecular weight excluding hydrogens is 504 g/mol. The van der Waals surface area contributed by atoms with Crippen LogP contribution in [0, 0.1) is 0 Å². The molecule has 0 fully saturated rings. The van der Waals surface area contributed by atoms with Gasteiger partial charge in [0.15, 0.2) is 0 Å². The van der Waals surface area contributed by atoms with Crippen LogP contribution in [0.15, 0.2) is 146 Å². The maximum atomic E-state index is 2.34. The Bertz CT molecular complexity index is 2440. The van der Waals surface area contributed by atoms with Gasteiger partial charge in [-0.1, -0.05) is 146 Å².